The van der Waals surface area contributed by atoms with E-state index in [0.717, 1.165) is 31.2 Å². The summed E-state index contributed by atoms with van der Waals surface area (Å²) in [6.45, 7) is 5.63. The number of aromatic nitrogens is 5. The number of hydrogen-bond acceptors (Lipinski definition) is 8. The molecule has 246 valence electrons. The maximum absolute atomic E-state index is 13.1. The predicted octanol–water partition coefficient (Wildman–Crippen LogP) is 5.05. The zero-order chi connectivity index (χ0) is 33.7. The number of anilines is 2. The largest absolute Gasteiger partial charge is 0.416 e. The number of nitrogens with two attached hydrogens (primary N) is 1. The van der Waals surface area contributed by atoms with E-state index in [1.54, 1.807) is 30.3 Å². The van der Waals surface area contributed by atoms with Crippen LogP contribution in [-0.4, -0.2) is 79.1 Å². The van der Waals surface area contributed by atoms with E-state index >= 15 is 0 Å². The number of alkyl halides is 3. The van der Waals surface area contributed by atoms with E-state index in [2.05, 4.69) is 34.1 Å². The first kappa shape index (κ1) is 32.1. The monoisotopic (exact) mass is 647 g/mol. The Morgan fingerprint density at radius 3 is 2.53 bits per heavy atom. The molecule has 6 rings (SSSR count). The Labute approximate surface area is 269 Å². The number of nitrogens with zero attached hydrogens (tertiary/aromatic N) is 7. The number of amides is 2. The van der Waals surface area contributed by atoms with Crippen LogP contribution in [0.4, 0.5) is 24.8 Å². The summed E-state index contributed by atoms with van der Waals surface area (Å²) in [5, 5.41) is 8.00. The highest BCUT2D eigenvalue weighted by atomic mass is 19.4. The SMILES string of the molecule is CN(C)C/C=C/C(=O)N1CC2CC(n3nc(-c4ccc(C(=O)Nc5cc(C(F)(F)F)ccn5)cc4)c4c(N)ncnc43)CC2C1(C)C. The third kappa shape index (κ3) is 6.16. The van der Waals surface area contributed by atoms with E-state index in [9.17, 15) is 22.8 Å². The normalized spacial score (nSPS) is 20.8. The lowest BCUT2D eigenvalue weighted by atomic mass is 9.84. The van der Waals surface area contributed by atoms with Gasteiger partial charge in [0.05, 0.1) is 17.0 Å². The number of fused-ring (bicyclic) bond motifs is 2. The van der Waals surface area contributed by atoms with Gasteiger partial charge in [-0.1, -0.05) is 18.2 Å². The molecule has 2 amide bonds. The van der Waals surface area contributed by atoms with E-state index in [4.69, 9.17) is 10.8 Å². The molecule has 4 aromatic rings. The van der Waals surface area contributed by atoms with Crippen LogP contribution in [0.2, 0.25) is 0 Å². The Balaban J connectivity index is 1.22. The van der Waals surface area contributed by atoms with Crippen LogP contribution in [-0.2, 0) is 11.0 Å². The van der Waals surface area contributed by atoms with Crippen molar-refractivity contribution in [2.24, 2.45) is 11.8 Å². The fourth-order valence-electron chi connectivity index (χ4n) is 6.96. The van der Waals surface area contributed by atoms with Gasteiger partial charge in [0.2, 0.25) is 5.91 Å². The smallest absolute Gasteiger partial charge is 0.383 e. The molecule has 1 aliphatic carbocycles. The summed E-state index contributed by atoms with van der Waals surface area (Å²) in [7, 11) is 3.92. The van der Waals surface area contributed by atoms with E-state index < -0.39 is 17.6 Å². The second kappa shape index (κ2) is 12.1. The number of nitrogens with one attached hydrogen (secondary N) is 1. The highest BCUT2D eigenvalue weighted by Crippen LogP contribution is 2.52. The molecule has 1 saturated heterocycles. The molecule has 1 saturated carbocycles. The average Bonchev–Trinajstić information content (AvgIpc) is 3.68. The Kier molecular flexibility index (Phi) is 8.24. The van der Waals surface area contributed by atoms with Crippen molar-refractivity contribution in [1.82, 2.24) is 34.5 Å². The van der Waals surface area contributed by atoms with Crippen LogP contribution in [0.1, 0.15) is 48.7 Å². The summed E-state index contributed by atoms with van der Waals surface area (Å²) >= 11 is 0. The van der Waals surface area contributed by atoms with Crippen molar-refractivity contribution < 1.29 is 22.8 Å². The molecule has 0 spiro atoms. The molecule has 4 heterocycles. The summed E-state index contributed by atoms with van der Waals surface area (Å²) in [6.07, 6.45) is 3.04. The molecular weight excluding hydrogens is 611 g/mol. The third-order valence-electron chi connectivity index (χ3n) is 9.30. The minimum absolute atomic E-state index is 0.0263. The first-order valence-electron chi connectivity index (χ1n) is 15.3. The van der Waals surface area contributed by atoms with Gasteiger partial charge in [-0.15, -0.1) is 0 Å². The maximum Gasteiger partial charge on any atom is 0.416 e. The molecule has 1 aromatic carbocycles. The fourth-order valence-corrected chi connectivity index (χ4v) is 6.96. The molecular formula is C33H36F3N9O2. The van der Waals surface area contributed by atoms with Gasteiger partial charge >= 0.3 is 6.18 Å². The van der Waals surface area contributed by atoms with Gasteiger partial charge in [0.15, 0.2) is 5.65 Å². The average molecular weight is 648 g/mol. The lowest BCUT2D eigenvalue weighted by molar-refractivity contribution is -0.137. The van der Waals surface area contributed by atoms with E-state index in [-0.39, 0.29) is 40.6 Å². The van der Waals surface area contributed by atoms with Crippen LogP contribution < -0.4 is 11.1 Å². The van der Waals surface area contributed by atoms with E-state index in [1.165, 1.54) is 6.33 Å². The van der Waals surface area contributed by atoms with Crippen molar-refractivity contribution in [2.45, 2.75) is 44.4 Å². The van der Waals surface area contributed by atoms with Crippen molar-refractivity contribution >= 4 is 34.5 Å². The second-order valence-corrected chi connectivity index (χ2v) is 13.0. The number of carbonyl (C=O) groups is 2. The van der Waals surface area contributed by atoms with Gasteiger partial charge in [-0.25, -0.2) is 19.6 Å². The summed E-state index contributed by atoms with van der Waals surface area (Å²) in [5.74, 6) is 0.0486. The zero-order valence-electron chi connectivity index (χ0n) is 26.5. The second-order valence-electron chi connectivity index (χ2n) is 13.0. The minimum Gasteiger partial charge on any atom is -0.383 e. The van der Waals surface area contributed by atoms with Gasteiger partial charge in [-0.05, 0) is 76.9 Å². The highest BCUT2D eigenvalue weighted by Gasteiger charge is 2.54. The number of carbonyl (C=O) groups excluding carboxylic acids is 2. The third-order valence-corrected chi connectivity index (χ3v) is 9.30. The minimum atomic E-state index is -4.56. The molecule has 47 heavy (non-hydrogen) atoms. The topological polar surface area (TPSA) is 135 Å². The number of pyridine rings is 1. The molecule has 3 atom stereocenters. The summed E-state index contributed by atoms with van der Waals surface area (Å²) in [6, 6.07) is 8.17. The van der Waals surface area contributed by atoms with Crippen LogP contribution >= 0.6 is 0 Å². The molecule has 14 heteroatoms. The number of benzene rings is 1. The summed E-state index contributed by atoms with van der Waals surface area (Å²) in [4.78, 5) is 42.5. The number of likely N-dealkylation sites (N-methyl/N-ethyl adjacent to an activating group) is 1. The number of hydrogen-bond donors (Lipinski definition) is 2. The van der Waals surface area contributed by atoms with Crippen molar-refractivity contribution in [3.63, 3.8) is 0 Å². The summed E-state index contributed by atoms with van der Waals surface area (Å²) in [5.41, 5.74) is 7.16. The molecule has 11 nitrogen and oxygen atoms in total. The molecule has 1 aliphatic heterocycles. The van der Waals surface area contributed by atoms with Crippen LogP contribution in [0.3, 0.4) is 0 Å². The lowest BCUT2D eigenvalue weighted by Crippen LogP contribution is -2.45. The van der Waals surface area contributed by atoms with Crippen molar-refractivity contribution in [3.05, 3.63) is 72.2 Å². The van der Waals surface area contributed by atoms with E-state index in [0.29, 0.717) is 41.3 Å². The summed E-state index contributed by atoms with van der Waals surface area (Å²) < 4.78 is 41.2. The Bertz CT molecular complexity index is 1850. The van der Waals surface area contributed by atoms with Crippen molar-refractivity contribution in [2.75, 3.05) is 38.2 Å². The number of nitrogen functional groups attached to an aromatic ring is 1. The van der Waals surface area contributed by atoms with Crippen molar-refractivity contribution in [1.29, 1.82) is 0 Å². The van der Waals surface area contributed by atoms with Crippen LogP contribution in [0.5, 0.6) is 0 Å². The molecule has 0 radical (unpaired) electrons. The van der Waals surface area contributed by atoms with E-state index in [1.807, 2.05) is 34.7 Å². The number of rotatable bonds is 7. The van der Waals surface area contributed by atoms with Crippen LogP contribution in [0, 0.1) is 11.8 Å². The lowest BCUT2D eigenvalue weighted by Gasteiger charge is -2.35. The molecule has 3 aromatic heterocycles. The van der Waals surface area contributed by atoms with Gasteiger partial charge in [-0.2, -0.15) is 18.3 Å². The molecule has 2 fully saturated rings. The first-order chi connectivity index (χ1) is 22.2. The fraction of sp³-hybridized carbons (Fsp3) is 0.394. The number of halogens is 3. The Morgan fingerprint density at radius 2 is 1.85 bits per heavy atom. The molecule has 3 unspecified atom stereocenters. The van der Waals surface area contributed by atoms with Gasteiger partial charge in [-0.3, -0.25) is 9.59 Å². The quantitative estimate of drug-likeness (QED) is 0.266. The van der Waals surface area contributed by atoms with Gasteiger partial charge in [0.25, 0.3) is 5.91 Å². The van der Waals surface area contributed by atoms with Gasteiger partial charge < -0.3 is 20.9 Å². The Morgan fingerprint density at radius 1 is 1.11 bits per heavy atom. The zero-order valence-corrected chi connectivity index (χ0v) is 26.5. The standard InChI is InChI=1S/C33H36F3N9O2/c1-32(2)24-16-23(14-21(24)17-44(32)26(46)6-5-13-43(3)4)45-30-27(29(37)39-18-40-30)28(42-45)19-7-9-20(10-8-19)31(47)41-25-15-22(11-12-38-25)33(34,35)36/h5-12,15,18,21,23-24H,13-14,16-17H2,1-4H3,(H2,37,39,40)(H,38,41,47)/b6-5+. The highest BCUT2D eigenvalue weighted by molar-refractivity contribution is 6.04. The molecule has 0 bridgehead atoms. The van der Waals surface area contributed by atoms with Crippen LogP contribution in [0.15, 0.2) is 61.1 Å². The predicted molar refractivity (Wildman–Crippen MR) is 171 cm³/mol. The maximum atomic E-state index is 13.1. The molecule has 3 N–H and O–H groups in total. The first-order valence-corrected chi connectivity index (χ1v) is 15.3. The van der Waals surface area contributed by atoms with Gasteiger partial charge in [0, 0.05) is 42.0 Å². The van der Waals surface area contributed by atoms with Gasteiger partial charge in [0.1, 0.15) is 23.7 Å². The molecule has 2 aliphatic rings. The van der Waals surface area contributed by atoms with Crippen molar-refractivity contribution in [3.8, 4) is 11.3 Å². The Hall–Kier alpha value is -4.85. The number of likely N-dealkylation sites (tertiary alicyclic amines) is 1. The van der Waals surface area contributed by atoms with Crippen LogP contribution in [0.25, 0.3) is 22.3 Å².